The molecule has 116 valence electrons. The molecule has 1 aromatic carbocycles. The van der Waals surface area contributed by atoms with E-state index >= 15 is 0 Å². The molecule has 0 aliphatic carbocycles. The smallest absolute Gasteiger partial charge is 0.410 e. The van der Waals surface area contributed by atoms with Crippen molar-refractivity contribution in [3.05, 3.63) is 28.2 Å². The molecule has 1 amide bonds. The molecule has 1 saturated heterocycles. The van der Waals surface area contributed by atoms with Crippen molar-refractivity contribution in [2.45, 2.75) is 45.1 Å². The minimum absolute atomic E-state index is 0.218. The lowest BCUT2D eigenvalue weighted by Gasteiger charge is -2.34. The van der Waals surface area contributed by atoms with Gasteiger partial charge in [0.1, 0.15) is 5.60 Å². The summed E-state index contributed by atoms with van der Waals surface area (Å²) >= 11 is 3.43. The van der Waals surface area contributed by atoms with Crippen LogP contribution in [-0.4, -0.2) is 29.7 Å². The Morgan fingerprint density at radius 2 is 1.95 bits per heavy atom. The number of hydrogen-bond donors (Lipinski definition) is 1. The molecule has 5 heteroatoms. The van der Waals surface area contributed by atoms with Gasteiger partial charge in [0.05, 0.1) is 0 Å². The van der Waals surface area contributed by atoms with Gasteiger partial charge in [-0.1, -0.05) is 22.0 Å². The standard InChI is InChI=1S/C16H23BrN2O2/c1-16(2,3)21-15(20)19-8-6-11(7-9-19)13-5-4-12(17)10-14(13)18/h4-5,10-11H,6-9,18H2,1-3H3. The van der Waals surface area contributed by atoms with Crippen LogP contribution in [0, 0.1) is 0 Å². The number of likely N-dealkylation sites (tertiary alicyclic amines) is 1. The number of nitrogens with two attached hydrogens (primary N) is 1. The van der Waals surface area contributed by atoms with E-state index in [1.54, 1.807) is 4.90 Å². The van der Waals surface area contributed by atoms with Crippen LogP contribution in [0.4, 0.5) is 10.5 Å². The number of amides is 1. The minimum Gasteiger partial charge on any atom is -0.444 e. The number of halogens is 1. The molecular formula is C16H23BrN2O2. The highest BCUT2D eigenvalue weighted by Crippen LogP contribution is 2.33. The maximum Gasteiger partial charge on any atom is 0.410 e. The monoisotopic (exact) mass is 354 g/mol. The Morgan fingerprint density at radius 3 is 2.48 bits per heavy atom. The molecule has 2 rings (SSSR count). The van der Waals surface area contributed by atoms with Crippen LogP contribution in [0.25, 0.3) is 0 Å². The van der Waals surface area contributed by atoms with Crippen molar-refractivity contribution in [2.24, 2.45) is 0 Å². The van der Waals surface area contributed by atoms with Crippen molar-refractivity contribution in [3.8, 4) is 0 Å². The number of carbonyl (C=O) groups is 1. The lowest BCUT2D eigenvalue weighted by molar-refractivity contribution is 0.0205. The summed E-state index contributed by atoms with van der Waals surface area (Å²) in [6.07, 6.45) is 1.63. The molecular weight excluding hydrogens is 332 g/mol. The summed E-state index contributed by atoms with van der Waals surface area (Å²) in [4.78, 5) is 13.8. The van der Waals surface area contributed by atoms with E-state index in [1.807, 2.05) is 32.9 Å². The first-order valence-electron chi connectivity index (χ1n) is 7.29. The second-order valence-corrected chi connectivity index (χ2v) is 7.43. The molecule has 0 saturated carbocycles. The normalized spacial score (nSPS) is 16.9. The Bertz CT molecular complexity index is 517. The Balaban J connectivity index is 1.95. The predicted molar refractivity (Wildman–Crippen MR) is 88.3 cm³/mol. The third kappa shape index (κ3) is 4.37. The summed E-state index contributed by atoms with van der Waals surface area (Å²) in [6, 6.07) is 6.04. The zero-order valence-corrected chi connectivity index (χ0v) is 14.4. The molecule has 0 unspecified atom stereocenters. The molecule has 0 atom stereocenters. The zero-order chi connectivity index (χ0) is 15.6. The van der Waals surface area contributed by atoms with E-state index in [2.05, 4.69) is 22.0 Å². The third-order valence-corrected chi connectivity index (χ3v) is 4.13. The average Bonchev–Trinajstić information content (AvgIpc) is 2.37. The fraction of sp³-hybridized carbons (Fsp3) is 0.562. The lowest BCUT2D eigenvalue weighted by Crippen LogP contribution is -2.41. The summed E-state index contributed by atoms with van der Waals surface area (Å²) in [7, 11) is 0. The van der Waals surface area contributed by atoms with Crippen LogP contribution in [0.15, 0.2) is 22.7 Å². The Kier molecular flexibility index (Phi) is 4.81. The number of piperidine rings is 1. The molecule has 1 aromatic rings. The third-order valence-electron chi connectivity index (χ3n) is 3.64. The van der Waals surface area contributed by atoms with E-state index < -0.39 is 5.60 Å². The number of carbonyl (C=O) groups excluding carboxylic acids is 1. The van der Waals surface area contributed by atoms with Crippen molar-refractivity contribution in [2.75, 3.05) is 18.8 Å². The molecule has 4 nitrogen and oxygen atoms in total. The molecule has 0 aromatic heterocycles. The van der Waals surface area contributed by atoms with Crippen LogP contribution in [0.2, 0.25) is 0 Å². The number of nitrogen functional groups attached to an aromatic ring is 1. The van der Waals surface area contributed by atoms with E-state index in [0.29, 0.717) is 5.92 Å². The van der Waals surface area contributed by atoms with E-state index in [0.717, 1.165) is 36.1 Å². The lowest BCUT2D eigenvalue weighted by atomic mass is 9.88. The molecule has 1 fully saturated rings. The second kappa shape index (κ2) is 6.26. The van der Waals surface area contributed by atoms with Gasteiger partial charge in [-0.05, 0) is 57.2 Å². The summed E-state index contributed by atoms with van der Waals surface area (Å²) in [5.74, 6) is 0.414. The van der Waals surface area contributed by atoms with Crippen LogP contribution >= 0.6 is 15.9 Å². The Hall–Kier alpha value is -1.23. The number of anilines is 1. The molecule has 0 spiro atoms. The van der Waals surface area contributed by atoms with Crippen LogP contribution < -0.4 is 5.73 Å². The molecule has 1 heterocycles. The van der Waals surface area contributed by atoms with E-state index in [-0.39, 0.29) is 6.09 Å². The minimum atomic E-state index is -0.440. The van der Waals surface area contributed by atoms with E-state index in [4.69, 9.17) is 10.5 Å². The van der Waals surface area contributed by atoms with Crippen LogP contribution in [0.3, 0.4) is 0 Å². The maximum atomic E-state index is 12.0. The van der Waals surface area contributed by atoms with Gasteiger partial charge < -0.3 is 15.4 Å². The number of ether oxygens (including phenoxy) is 1. The van der Waals surface area contributed by atoms with Crippen molar-refractivity contribution >= 4 is 27.7 Å². The highest BCUT2D eigenvalue weighted by molar-refractivity contribution is 9.10. The molecule has 0 radical (unpaired) electrons. The predicted octanol–water partition coefficient (Wildman–Crippen LogP) is 4.15. The quantitative estimate of drug-likeness (QED) is 0.770. The summed E-state index contributed by atoms with van der Waals surface area (Å²) < 4.78 is 6.41. The second-order valence-electron chi connectivity index (χ2n) is 6.51. The highest BCUT2D eigenvalue weighted by atomic mass is 79.9. The molecule has 21 heavy (non-hydrogen) atoms. The topological polar surface area (TPSA) is 55.6 Å². The molecule has 2 N–H and O–H groups in total. The van der Waals surface area contributed by atoms with Crippen molar-refractivity contribution < 1.29 is 9.53 Å². The molecule has 1 aliphatic heterocycles. The summed E-state index contributed by atoms with van der Waals surface area (Å²) in [5.41, 5.74) is 7.66. The van der Waals surface area contributed by atoms with Crippen LogP contribution in [0.5, 0.6) is 0 Å². The largest absolute Gasteiger partial charge is 0.444 e. The summed E-state index contributed by atoms with van der Waals surface area (Å²) in [6.45, 7) is 7.10. The van der Waals surface area contributed by atoms with E-state index in [9.17, 15) is 4.79 Å². The number of nitrogens with zero attached hydrogens (tertiary/aromatic N) is 1. The van der Waals surface area contributed by atoms with Gasteiger partial charge in [-0.15, -0.1) is 0 Å². The number of benzene rings is 1. The Morgan fingerprint density at radius 1 is 1.33 bits per heavy atom. The zero-order valence-electron chi connectivity index (χ0n) is 12.9. The molecule has 1 aliphatic rings. The van der Waals surface area contributed by atoms with Crippen LogP contribution in [0.1, 0.15) is 45.1 Å². The highest BCUT2D eigenvalue weighted by Gasteiger charge is 2.28. The van der Waals surface area contributed by atoms with Gasteiger partial charge in [0.25, 0.3) is 0 Å². The van der Waals surface area contributed by atoms with Crippen molar-refractivity contribution in [3.63, 3.8) is 0 Å². The number of rotatable bonds is 1. The SMILES string of the molecule is CC(C)(C)OC(=O)N1CCC(c2ccc(Br)cc2N)CC1. The first kappa shape index (κ1) is 16.1. The Labute approximate surface area is 134 Å². The van der Waals surface area contributed by atoms with E-state index in [1.165, 1.54) is 5.56 Å². The van der Waals surface area contributed by atoms with Gasteiger partial charge in [-0.25, -0.2) is 4.79 Å². The van der Waals surface area contributed by atoms with Gasteiger partial charge in [-0.3, -0.25) is 0 Å². The van der Waals surface area contributed by atoms with Crippen LogP contribution in [-0.2, 0) is 4.74 Å². The summed E-state index contributed by atoms with van der Waals surface area (Å²) in [5, 5.41) is 0. The molecule has 0 bridgehead atoms. The van der Waals surface area contributed by atoms with Gasteiger partial charge in [0, 0.05) is 23.2 Å². The number of hydrogen-bond acceptors (Lipinski definition) is 3. The fourth-order valence-electron chi connectivity index (χ4n) is 2.62. The first-order valence-corrected chi connectivity index (χ1v) is 8.08. The van der Waals surface area contributed by atoms with Gasteiger partial charge >= 0.3 is 6.09 Å². The van der Waals surface area contributed by atoms with Crippen molar-refractivity contribution in [1.82, 2.24) is 4.90 Å². The maximum absolute atomic E-state index is 12.0. The van der Waals surface area contributed by atoms with Gasteiger partial charge in [0.2, 0.25) is 0 Å². The first-order chi connectivity index (χ1) is 9.76. The fourth-order valence-corrected chi connectivity index (χ4v) is 3.00. The van der Waals surface area contributed by atoms with Gasteiger partial charge in [-0.2, -0.15) is 0 Å². The van der Waals surface area contributed by atoms with Gasteiger partial charge in [0.15, 0.2) is 0 Å². The average molecular weight is 355 g/mol. The van der Waals surface area contributed by atoms with Crippen molar-refractivity contribution in [1.29, 1.82) is 0 Å².